The van der Waals surface area contributed by atoms with Crippen molar-refractivity contribution in [3.05, 3.63) is 88.8 Å². The van der Waals surface area contributed by atoms with Crippen LogP contribution in [0.15, 0.2) is 76.3 Å². The molecule has 0 radical (unpaired) electrons. The molecule has 0 bridgehead atoms. The Morgan fingerprint density at radius 1 is 1.00 bits per heavy atom. The molecule has 0 unspecified atom stereocenters. The number of ether oxygens (including phenoxy) is 1. The molecule has 0 atom stereocenters. The first kappa shape index (κ1) is 19.7. The summed E-state index contributed by atoms with van der Waals surface area (Å²) in [6.45, 7) is 4.75. The lowest BCUT2D eigenvalue weighted by Crippen LogP contribution is -2.21. The molecule has 32 heavy (non-hydrogen) atoms. The van der Waals surface area contributed by atoms with Gasteiger partial charge in [0.25, 0.3) is 5.56 Å². The molecule has 0 spiro atoms. The van der Waals surface area contributed by atoms with Crippen LogP contribution in [-0.4, -0.2) is 30.9 Å². The van der Waals surface area contributed by atoms with Crippen molar-refractivity contribution in [2.45, 2.75) is 20.4 Å². The van der Waals surface area contributed by atoms with Gasteiger partial charge in [0.1, 0.15) is 17.8 Å². The van der Waals surface area contributed by atoms with Crippen molar-refractivity contribution >= 4 is 5.52 Å². The lowest BCUT2D eigenvalue weighted by atomic mass is 10.1. The summed E-state index contributed by atoms with van der Waals surface area (Å²) in [5.41, 5.74) is 3.92. The molecule has 0 aliphatic heterocycles. The molecule has 0 amide bonds. The van der Waals surface area contributed by atoms with Crippen molar-refractivity contribution in [1.82, 2.24) is 24.3 Å². The standard InChI is InChI=1S/C24H21N5O3/c1-3-31-19-10-8-17(9-11-19)20-14-21-24(30)28(12-13-29(21)26-20)15-22-25-23(27-32-22)18-6-4-16(2)5-7-18/h4-14H,3,15H2,1-2H3. The number of hydrogen-bond acceptors (Lipinski definition) is 6. The van der Waals surface area contributed by atoms with Gasteiger partial charge in [-0.1, -0.05) is 35.0 Å². The zero-order valence-electron chi connectivity index (χ0n) is 17.7. The number of rotatable bonds is 6. The average molecular weight is 427 g/mol. The first-order valence-corrected chi connectivity index (χ1v) is 10.3. The van der Waals surface area contributed by atoms with E-state index in [9.17, 15) is 4.79 Å². The summed E-state index contributed by atoms with van der Waals surface area (Å²) in [7, 11) is 0. The minimum atomic E-state index is -0.188. The maximum atomic E-state index is 13.0. The summed E-state index contributed by atoms with van der Waals surface area (Å²) in [5.74, 6) is 1.65. The Bertz CT molecular complexity index is 1430. The van der Waals surface area contributed by atoms with Gasteiger partial charge in [0.15, 0.2) is 0 Å². The van der Waals surface area contributed by atoms with Crippen LogP contribution in [0.3, 0.4) is 0 Å². The summed E-state index contributed by atoms with van der Waals surface area (Å²) >= 11 is 0. The Morgan fingerprint density at radius 2 is 1.75 bits per heavy atom. The average Bonchev–Trinajstić information content (AvgIpc) is 3.45. The lowest BCUT2D eigenvalue weighted by molar-refractivity contribution is 0.340. The first-order valence-electron chi connectivity index (χ1n) is 10.3. The van der Waals surface area contributed by atoms with E-state index in [2.05, 4.69) is 15.2 Å². The fourth-order valence-corrected chi connectivity index (χ4v) is 3.47. The number of benzene rings is 2. The smallest absolute Gasteiger partial charge is 0.277 e. The highest BCUT2D eigenvalue weighted by Crippen LogP contribution is 2.22. The molecule has 5 rings (SSSR count). The molecular weight excluding hydrogens is 406 g/mol. The second-order valence-electron chi connectivity index (χ2n) is 7.43. The van der Waals surface area contributed by atoms with Gasteiger partial charge < -0.3 is 13.8 Å². The van der Waals surface area contributed by atoms with Crippen LogP contribution in [0.1, 0.15) is 18.4 Å². The number of aromatic nitrogens is 5. The first-order chi connectivity index (χ1) is 15.6. The summed E-state index contributed by atoms with van der Waals surface area (Å²) in [6.07, 6.45) is 3.41. The minimum Gasteiger partial charge on any atom is -0.494 e. The molecular formula is C24H21N5O3. The van der Waals surface area contributed by atoms with Crippen LogP contribution in [0.25, 0.3) is 28.2 Å². The van der Waals surface area contributed by atoms with Gasteiger partial charge in [0.2, 0.25) is 11.7 Å². The molecule has 0 fully saturated rings. The molecule has 2 aromatic carbocycles. The van der Waals surface area contributed by atoms with E-state index in [1.54, 1.807) is 23.0 Å². The van der Waals surface area contributed by atoms with Gasteiger partial charge in [-0.3, -0.25) is 4.79 Å². The molecule has 5 aromatic rings. The van der Waals surface area contributed by atoms with Gasteiger partial charge in [-0.25, -0.2) is 4.52 Å². The summed E-state index contributed by atoms with van der Waals surface area (Å²) in [4.78, 5) is 17.5. The van der Waals surface area contributed by atoms with Gasteiger partial charge in [-0.2, -0.15) is 10.1 Å². The van der Waals surface area contributed by atoms with Crippen molar-refractivity contribution in [1.29, 1.82) is 0 Å². The van der Waals surface area contributed by atoms with E-state index in [0.717, 1.165) is 22.4 Å². The molecule has 8 heteroatoms. The molecule has 0 aliphatic carbocycles. The van der Waals surface area contributed by atoms with Crippen molar-refractivity contribution in [3.63, 3.8) is 0 Å². The zero-order valence-corrected chi connectivity index (χ0v) is 17.7. The second kappa shape index (κ2) is 8.14. The third-order valence-corrected chi connectivity index (χ3v) is 5.15. The van der Waals surface area contributed by atoms with Crippen LogP contribution in [0.4, 0.5) is 0 Å². The molecule has 0 N–H and O–H groups in total. The Morgan fingerprint density at radius 3 is 2.50 bits per heavy atom. The maximum Gasteiger partial charge on any atom is 0.277 e. The van der Waals surface area contributed by atoms with E-state index in [0.29, 0.717) is 29.5 Å². The quantitative estimate of drug-likeness (QED) is 0.408. The van der Waals surface area contributed by atoms with Gasteiger partial charge in [-0.05, 0) is 44.2 Å². The predicted molar refractivity (Wildman–Crippen MR) is 120 cm³/mol. The van der Waals surface area contributed by atoms with Crippen LogP contribution in [0.5, 0.6) is 5.75 Å². The lowest BCUT2D eigenvalue weighted by Gasteiger charge is -2.02. The second-order valence-corrected chi connectivity index (χ2v) is 7.43. The van der Waals surface area contributed by atoms with E-state index < -0.39 is 0 Å². The fourth-order valence-electron chi connectivity index (χ4n) is 3.47. The number of nitrogens with zero attached hydrogens (tertiary/aromatic N) is 5. The van der Waals surface area contributed by atoms with Crippen LogP contribution >= 0.6 is 0 Å². The maximum absolute atomic E-state index is 13.0. The predicted octanol–water partition coefficient (Wildman–Crippen LogP) is 3.97. The molecule has 0 aliphatic rings. The van der Waals surface area contributed by atoms with Gasteiger partial charge in [0, 0.05) is 23.5 Å². The topological polar surface area (TPSA) is 87.5 Å². The number of fused-ring (bicyclic) bond motifs is 1. The Kier molecular flexibility index (Phi) is 5.03. The Balaban J connectivity index is 1.41. The normalized spacial score (nSPS) is 11.2. The molecule has 0 saturated heterocycles. The Hall–Kier alpha value is -4.20. The molecule has 0 saturated carbocycles. The van der Waals surface area contributed by atoms with E-state index >= 15 is 0 Å². The summed E-state index contributed by atoms with van der Waals surface area (Å²) in [5, 5.41) is 8.57. The largest absolute Gasteiger partial charge is 0.494 e. The van der Waals surface area contributed by atoms with Crippen molar-refractivity contribution in [2.24, 2.45) is 0 Å². The van der Waals surface area contributed by atoms with Gasteiger partial charge >= 0.3 is 0 Å². The van der Waals surface area contributed by atoms with Crippen molar-refractivity contribution in [3.8, 4) is 28.4 Å². The highest BCUT2D eigenvalue weighted by atomic mass is 16.5. The highest BCUT2D eigenvalue weighted by molar-refractivity contribution is 5.66. The minimum absolute atomic E-state index is 0.178. The third-order valence-electron chi connectivity index (χ3n) is 5.15. The highest BCUT2D eigenvalue weighted by Gasteiger charge is 2.13. The van der Waals surface area contributed by atoms with Gasteiger partial charge in [-0.15, -0.1) is 0 Å². The van der Waals surface area contributed by atoms with Crippen LogP contribution < -0.4 is 10.3 Å². The van der Waals surface area contributed by atoms with Crippen molar-refractivity contribution < 1.29 is 9.26 Å². The number of hydrogen-bond donors (Lipinski definition) is 0. The van der Waals surface area contributed by atoms with E-state index in [1.165, 1.54) is 4.57 Å². The summed E-state index contributed by atoms with van der Waals surface area (Å²) in [6, 6.07) is 17.3. The zero-order chi connectivity index (χ0) is 22.1. The van der Waals surface area contributed by atoms with E-state index in [-0.39, 0.29) is 12.1 Å². The molecule has 3 aromatic heterocycles. The van der Waals surface area contributed by atoms with Crippen LogP contribution in [-0.2, 0) is 6.54 Å². The van der Waals surface area contributed by atoms with Gasteiger partial charge in [0.05, 0.1) is 12.3 Å². The van der Waals surface area contributed by atoms with Crippen LogP contribution in [0.2, 0.25) is 0 Å². The van der Waals surface area contributed by atoms with Crippen molar-refractivity contribution in [2.75, 3.05) is 6.61 Å². The van der Waals surface area contributed by atoms with Crippen LogP contribution in [0, 0.1) is 6.92 Å². The molecule has 160 valence electrons. The third kappa shape index (κ3) is 3.78. The monoisotopic (exact) mass is 427 g/mol. The summed E-state index contributed by atoms with van der Waals surface area (Å²) < 4.78 is 14.0. The Labute approximate surface area is 183 Å². The number of aryl methyl sites for hydroxylation is 1. The fraction of sp³-hybridized carbons (Fsp3) is 0.167. The van der Waals surface area contributed by atoms with E-state index in [4.69, 9.17) is 9.26 Å². The van der Waals surface area contributed by atoms with E-state index in [1.807, 2.05) is 62.4 Å². The molecule has 8 nitrogen and oxygen atoms in total. The molecule has 3 heterocycles. The SMILES string of the molecule is CCOc1ccc(-c2cc3c(=O)n(Cc4nc(-c5ccc(C)cc5)no4)ccn3n2)cc1.